The maximum Gasteiger partial charge on any atom is 0.123 e. The number of benzene rings is 1. The standard InChI is InChI=1S/C17H25BrFNO/c1-3-8-20-16(14-7-9-21-17(14)4-2)11-12-10-13(19)5-6-15(12)18/h5-6,10,14,16-17,20H,3-4,7-9,11H2,1-2H3. The zero-order chi connectivity index (χ0) is 15.2. The smallest absolute Gasteiger partial charge is 0.123 e. The van der Waals surface area contributed by atoms with Gasteiger partial charge in [0.05, 0.1) is 6.10 Å². The molecule has 0 saturated carbocycles. The molecule has 2 nitrogen and oxygen atoms in total. The number of ether oxygens (including phenoxy) is 1. The molecule has 0 bridgehead atoms. The van der Waals surface area contributed by atoms with E-state index in [1.165, 1.54) is 6.07 Å². The van der Waals surface area contributed by atoms with Gasteiger partial charge < -0.3 is 10.1 Å². The third-order valence-electron chi connectivity index (χ3n) is 4.28. The van der Waals surface area contributed by atoms with Crippen molar-refractivity contribution < 1.29 is 9.13 Å². The van der Waals surface area contributed by atoms with Gasteiger partial charge in [-0.15, -0.1) is 0 Å². The third kappa shape index (κ3) is 4.51. The quantitative estimate of drug-likeness (QED) is 0.784. The molecular formula is C17H25BrFNO. The molecule has 0 aromatic heterocycles. The van der Waals surface area contributed by atoms with Gasteiger partial charge in [0.2, 0.25) is 0 Å². The predicted molar refractivity (Wildman–Crippen MR) is 88.0 cm³/mol. The van der Waals surface area contributed by atoms with Crippen LogP contribution in [0.5, 0.6) is 0 Å². The molecule has 0 radical (unpaired) electrons. The van der Waals surface area contributed by atoms with Gasteiger partial charge in [-0.3, -0.25) is 0 Å². The maximum atomic E-state index is 13.5. The average Bonchev–Trinajstić information content (AvgIpc) is 2.95. The highest BCUT2D eigenvalue weighted by molar-refractivity contribution is 9.10. The van der Waals surface area contributed by atoms with E-state index in [-0.39, 0.29) is 5.82 Å². The molecular weight excluding hydrogens is 333 g/mol. The molecule has 21 heavy (non-hydrogen) atoms. The van der Waals surface area contributed by atoms with Crippen LogP contribution in [0.15, 0.2) is 22.7 Å². The first-order valence-corrected chi connectivity index (χ1v) is 8.73. The molecule has 3 unspecified atom stereocenters. The lowest BCUT2D eigenvalue weighted by molar-refractivity contribution is 0.0774. The molecule has 0 spiro atoms. The second-order valence-corrected chi connectivity index (χ2v) is 6.62. The summed E-state index contributed by atoms with van der Waals surface area (Å²) in [7, 11) is 0. The van der Waals surface area contributed by atoms with Crippen LogP contribution in [-0.4, -0.2) is 25.3 Å². The average molecular weight is 358 g/mol. The minimum absolute atomic E-state index is 0.169. The molecule has 1 N–H and O–H groups in total. The van der Waals surface area contributed by atoms with Gasteiger partial charge in [0.25, 0.3) is 0 Å². The number of hydrogen-bond acceptors (Lipinski definition) is 2. The molecule has 3 atom stereocenters. The summed E-state index contributed by atoms with van der Waals surface area (Å²) >= 11 is 3.54. The van der Waals surface area contributed by atoms with Crippen LogP contribution in [0.4, 0.5) is 4.39 Å². The van der Waals surface area contributed by atoms with Gasteiger partial charge in [0, 0.05) is 23.0 Å². The van der Waals surface area contributed by atoms with E-state index in [1.54, 1.807) is 12.1 Å². The second-order valence-electron chi connectivity index (χ2n) is 5.77. The van der Waals surface area contributed by atoms with Gasteiger partial charge in [-0.25, -0.2) is 4.39 Å². The fraction of sp³-hybridized carbons (Fsp3) is 0.647. The Morgan fingerprint density at radius 3 is 2.95 bits per heavy atom. The van der Waals surface area contributed by atoms with Crippen molar-refractivity contribution in [1.29, 1.82) is 0 Å². The predicted octanol–water partition coefficient (Wildman–Crippen LogP) is 4.31. The first-order chi connectivity index (χ1) is 10.2. The van der Waals surface area contributed by atoms with Crippen molar-refractivity contribution in [3.8, 4) is 0 Å². The Hall–Kier alpha value is -0.450. The summed E-state index contributed by atoms with van der Waals surface area (Å²) < 4.78 is 20.3. The Morgan fingerprint density at radius 1 is 1.43 bits per heavy atom. The lowest BCUT2D eigenvalue weighted by Gasteiger charge is -2.28. The van der Waals surface area contributed by atoms with Crippen LogP contribution < -0.4 is 5.32 Å². The van der Waals surface area contributed by atoms with Crippen LogP contribution in [0.2, 0.25) is 0 Å². The minimum atomic E-state index is -0.169. The minimum Gasteiger partial charge on any atom is -0.378 e. The van der Waals surface area contributed by atoms with E-state index in [0.29, 0.717) is 18.1 Å². The van der Waals surface area contributed by atoms with Gasteiger partial charge in [-0.1, -0.05) is 29.8 Å². The Morgan fingerprint density at radius 2 is 2.24 bits per heavy atom. The normalized spacial score (nSPS) is 23.4. The SMILES string of the molecule is CCCNC(Cc1cc(F)ccc1Br)C1CCOC1CC. The lowest BCUT2D eigenvalue weighted by Crippen LogP contribution is -2.42. The van der Waals surface area contributed by atoms with Crippen molar-refractivity contribution in [1.82, 2.24) is 5.32 Å². The highest BCUT2D eigenvalue weighted by atomic mass is 79.9. The molecule has 0 aliphatic carbocycles. The monoisotopic (exact) mass is 357 g/mol. The van der Waals surface area contributed by atoms with Crippen LogP contribution in [0.1, 0.15) is 38.7 Å². The van der Waals surface area contributed by atoms with Gasteiger partial charge >= 0.3 is 0 Å². The number of hydrogen-bond donors (Lipinski definition) is 1. The summed E-state index contributed by atoms with van der Waals surface area (Å²) in [5.74, 6) is 0.342. The fourth-order valence-electron chi connectivity index (χ4n) is 3.19. The van der Waals surface area contributed by atoms with E-state index in [1.807, 2.05) is 0 Å². The molecule has 0 amide bonds. The zero-order valence-electron chi connectivity index (χ0n) is 12.9. The molecule has 1 aliphatic rings. The third-order valence-corrected chi connectivity index (χ3v) is 5.06. The summed E-state index contributed by atoms with van der Waals surface area (Å²) in [6.45, 7) is 6.19. The number of rotatable bonds is 7. The molecule has 1 aromatic carbocycles. The second kappa shape index (κ2) is 8.25. The molecule has 118 valence electrons. The van der Waals surface area contributed by atoms with Gasteiger partial charge in [-0.2, -0.15) is 0 Å². The summed E-state index contributed by atoms with van der Waals surface area (Å²) in [5, 5.41) is 3.65. The summed E-state index contributed by atoms with van der Waals surface area (Å²) in [4.78, 5) is 0. The zero-order valence-corrected chi connectivity index (χ0v) is 14.5. The number of nitrogens with one attached hydrogen (secondary N) is 1. The van der Waals surface area contributed by atoms with E-state index in [9.17, 15) is 4.39 Å². The van der Waals surface area contributed by atoms with Gasteiger partial charge in [-0.05, 0) is 56.0 Å². The van der Waals surface area contributed by atoms with E-state index in [2.05, 4.69) is 35.1 Å². The Labute approximate surface area is 135 Å². The highest BCUT2D eigenvalue weighted by Crippen LogP contribution is 2.30. The first kappa shape index (κ1) is 16.9. The van der Waals surface area contributed by atoms with Crippen LogP contribution in [0, 0.1) is 11.7 Å². The fourth-order valence-corrected chi connectivity index (χ4v) is 3.60. The van der Waals surface area contributed by atoms with Crippen LogP contribution in [0.3, 0.4) is 0 Å². The number of halogens is 2. The Balaban J connectivity index is 2.13. The van der Waals surface area contributed by atoms with Gasteiger partial charge in [0.1, 0.15) is 5.82 Å². The maximum absolute atomic E-state index is 13.5. The molecule has 1 saturated heterocycles. The molecule has 1 heterocycles. The van der Waals surface area contributed by atoms with Crippen molar-refractivity contribution in [2.24, 2.45) is 5.92 Å². The van der Waals surface area contributed by atoms with Crippen molar-refractivity contribution in [3.63, 3.8) is 0 Å². The lowest BCUT2D eigenvalue weighted by atomic mass is 9.87. The van der Waals surface area contributed by atoms with E-state index < -0.39 is 0 Å². The van der Waals surface area contributed by atoms with Crippen molar-refractivity contribution in [2.75, 3.05) is 13.2 Å². The van der Waals surface area contributed by atoms with Crippen LogP contribution in [-0.2, 0) is 11.2 Å². The Kier molecular flexibility index (Phi) is 6.65. The van der Waals surface area contributed by atoms with Crippen LogP contribution >= 0.6 is 15.9 Å². The molecule has 4 heteroatoms. The molecule has 1 fully saturated rings. The Bertz CT molecular complexity index is 454. The largest absolute Gasteiger partial charge is 0.378 e. The topological polar surface area (TPSA) is 21.3 Å². The van der Waals surface area contributed by atoms with Crippen molar-refractivity contribution in [3.05, 3.63) is 34.1 Å². The van der Waals surface area contributed by atoms with E-state index in [0.717, 1.165) is 48.9 Å². The summed E-state index contributed by atoms with van der Waals surface area (Å²) in [5.41, 5.74) is 1.03. The van der Waals surface area contributed by atoms with E-state index in [4.69, 9.17) is 4.74 Å². The van der Waals surface area contributed by atoms with Gasteiger partial charge in [0.15, 0.2) is 0 Å². The molecule has 1 aliphatic heterocycles. The molecule has 1 aromatic rings. The van der Waals surface area contributed by atoms with E-state index >= 15 is 0 Å². The first-order valence-electron chi connectivity index (χ1n) is 7.94. The highest BCUT2D eigenvalue weighted by Gasteiger charge is 2.33. The van der Waals surface area contributed by atoms with Crippen molar-refractivity contribution in [2.45, 2.75) is 51.7 Å². The van der Waals surface area contributed by atoms with Crippen molar-refractivity contribution >= 4 is 15.9 Å². The molecule has 2 rings (SSSR count). The van der Waals surface area contributed by atoms with Crippen LogP contribution in [0.25, 0.3) is 0 Å². The summed E-state index contributed by atoms with van der Waals surface area (Å²) in [6, 6.07) is 5.27. The summed E-state index contributed by atoms with van der Waals surface area (Å²) in [6.07, 6.45) is 4.40.